The van der Waals surface area contributed by atoms with Crippen molar-refractivity contribution in [2.75, 3.05) is 45.2 Å². The fourth-order valence-corrected chi connectivity index (χ4v) is 4.82. The largest absolute Gasteiger partial charge is 0.426 e. The predicted molar refractivity (Wildman–Crippen MR) is 137 cm³/mol. The minimum Gasteiger partial charge on any atom is -0.372 e. The van der Waals surface area contributed by atoms with E-state index in [0.29, 0.717) is 16.9 Å². The topological polar surface area (TPSA) is 101 Å². The molecule has 0 saturated carbocycles. The van der Waals surface area contributed by atoms with E-state index >= 15 is 0 Å². The zero-order chi connectivity index (χ0) is 28.6. The maximum atomic E-state index is 13.5. The molecule has 0 radical (unpaired) electrons. The van der Waals surface area contributed by atoms with Gasteiger partial charge in [0.05, 0.1) is 21.2 Å². The Labute approximate surface area is 228 Å². The summed E-state index contributed by atoms with van der Waals surface area (Å²) in [6.45, 7) is 2.31. The van der Waals surface area contributed by atoms with Crippen LogP contribution in [0.4, 0.5) is 19.0 Å². The highest BCUT2D eigenvalue weighted by molar-refractivity contribution is 6.40. The summed E-state index contributed by atoms with van der Waals surface area (Å²) < 4.78 is 40.6. The van der Waals surface area contributed by atoms with Crippen LogP contribution < -0.4 is 4.90 Å². The maximum Gasteiger partial charge on any atom is 0.426 e. The first-order valence-corrected chi connectivity index (χ1v) is 12.3. The van der Waals surface area contributed by atoms with E-state index in [1.165, 1.54) is 11.1 Å². The van der Waals surface area contributed by atoms with Crippen molar-refractivity contribution in [3.63, 3.8) is 0 Å². The number of nitrogens with zero attached hydrogens (tertiary/aromatic N) is 5. The van der Waals surface area contributed by atoms with Gasteiger partial charge in [0, 0.05) is 58.0 Å². The molecule has 0 bridgehead atoms. The summed E-state index contributed by atoms with van der Waals surface area (Å²) >= 11 is 12.6. The Kier molecular flexibility index (Phi) is 8.51. The number of pyridine rings is 1. The van der Waals surface area contributed by atoms with Crippen molar-refractivity contribution in [1.29, 1.82) is 5.26 Å². The number of aliphatic hydroxyl groups is 1. The van der Waals surface area contributed by atoms with E-state index in [1.807, 2.05) is 0 Å². The Bertz CT molecular complexity index is 1260. The molecule has 1 saturated heterocycles. The van der Waals surface area contributed by atoms with E-state index in [2.05, 4.69) is 11.1 Å². The number of anilines is 1. The number of halogens is 5. The molecule has 1 fully saturated rings. The molecule has 1 unspecified atom stereocenters. The molecule has 1 aliphatic heterocycles. The van der Waals surface area contributed by atoms with Crippen molar-refractivity contribution in [1.82, 2.24) is 14.8 Å². The van der Waals surface area contributed by atoms with Gasteiger partial charge < -0.3 is 19.8 Å². The standard InChI is InChI=1S/C25H26Cl2F3N5O3/c1-14(2)24(38,25(28,29)30)23(37)35-7-5-34(6-8-35)21-16(12-31)9-17(13-32-21)15-10-18(26)20(19(27)11-15)22(36)33(3)4/h9-11,13-14,38H,5-8H2,1-4H3. The zero-order valence-electron chi connectivity index (χ0n) is 21.1. The lowest BCUT2D eigenvalue weighted by atomic mass is 9.87. The van der Waals surface area contributed by atoms with Crippen LogP contribution in [0.3, 0.4) is 0 Å². The number of rotatable bonds is 5. The molecule has 1 N–H and O–H groups in total. The van der Waals surface area contributed by atoms with Gasteiger partial charge in [0.1, 0.15) is 11.9 Å². The Morgan fingerprint density at radius 2 is 1.63 bits per heavy atom. The summed E-state index contributed by atoms with van der Waals surface area (Å²) in [5, 5.41) is 20.3. The van der Waals surface area contributed by atoms with Gasteiger partial charge in [0.25, 0.3) is 11.8 Å². The molecule has 2 aromatic rings. The fourth-order valence-electron chi connectivity index (χ4n) is 4.18. The second-order valence-electron chi connectivity index (χ2n) is 9.42. The molecule has 1 aromatic carbocycles. The monoisotopic (exact) mass is 571 g/mol. The van der Waals surface area contributed by atoms with E-state index in [4.69, 9.17) is 23.2 Å². The Balaban J connectivity index is 1.83. The van der Waals surface area contributed by atoms with Crippen molar-refractivity contribution < 1.29 is 27.9 Å². The summed E-state index contributed by atoms with van der Waals surface area (Å²) in [5.41, 5.74) is -2.10. The highest BCUT2D eigenvalue weighted by Gasteiger charge is 2.62. The number of benzene rings is 1. The number of aromatic nitrogens is 1. The van der Waals surface area contributed by atoms with Gasteiger partial charge in [-0.25, -0.2) is 4.98 Å². The Hall–Kier alpha value is -3.07. The Morgan fingerprint density at radius 3 is 2.08 bits per heavy atom. The summed E-state index contributed by atoms with van der Waals surface area (Å²) in [6, 6.07) is 6.72. The molecule has 0 aliphatic carbocycles. The smallest absolute Gasteiger partial charge is 0.372 e. The molecule has 13 heteroatoms. The van der Waals surface area contributed by atoms with Gasteiger partial charge >= 0.3 is 6.18 Å². The number of hydrogen-bond donors (Lipinski definition) is 1. The second-order valence-corrected chi connectivity index (χ2v) is 10.2. The molecule has 204 valence electrons. The van der Waals surface area contributed by atoms with E-state index in [0.717, 1.165) is 18.7 Å². The van der Waals surface area contributed by atoms with Crippen LogP contribution in [0.25, 0.3) is 11.1 Å². The van der Waals surface area contributed by atoms with E-state index in [9.17, 15) is 33.1 Å². The third-order valence-corrected chi connectivity index (χ3v) is 7.04. The molecule has 1 aromatic heterocycles. The minimum atomic E-state index is -5.12. The van der Waals surface area contributed by atoms with Gasteiger partial charge in [-0.05, 0) is 23.8 Å². The first kappa shape index (κ1) is 29.5. The first-order valence-electron chi connectivity index (χ1n) is 11.6. The molecule has 38 heavy (non-hydrogen) atoms. The van der Waals surface area contributed by atoms with Gasteiger partial charge in [0.15, 0.2) is 0 Å². The summed E-state index contributed by atoms with van der Waals surface area (Å²) in [7, 11) is 3.14. The molecular formula is C25H26Cl2F3N5O3. The average Bonchev–Trinajstić information content (AvgIpc) is 2.86. The van der Waals surface area contributed by atoms with Gasteiger partial charge in [-0.3, -0.25) is 9.59 Å². The number of carbonyl (C=O) groups excluding carboxylic acids is 2. The predicted octanol–water partition coefficient (Wildman–Crippen LogP) is 4.23. The van der Waals surface area contributed by atoms with Crippen LogP contribution in [0.1, 0.15) is 29.8 Å². The number of nitriles is 1. The lowest BCUT2D eigenvalue weighted by Gasteiger charge is -2.41. The zero-order valence-corrected chi connectivity index (χ0v) is 22.6. The molecule has 8 nitrogen and oxygen atoms in total. The minimum absolute atomic E-state index is 0.0924. The second kappa shape index (κ2) is 11.0. The van der Waals surface area contributed by atoms with Crippen molar-refractivity contribution in [2.45, 2.75) is 25.6 Å². The van der Waals surface area contributed by atoms with Crippen LogP contribution in [0.2, 0.25) is 10.0 Å². The lowest BCUT2D eigenvalue weighted by Crippen LogP contribution is -2.63. The van der Waals surface area contributed by atoms with Crippen LogP contribution in [-0.4, -0.2) is 83.8 Å². The van der Waals surface area contributed by atoms with Crippen LogP contribution in [0.15, 0.2) is 24.4 Å². The highest BCUT2D eigenvalue weighted by atomic mass is 35.5. The SMILES string of the molecule is CC(C)C(O)(C(=O)N1CCN(c2ncc(-c3cc(Cl)c(C(=O)N(C)C)c(Cl)c3)cc2C#N)CC1)C(F)(F)F. The van der Waals surface area contributed by atoms with Crippen molar-refractivity contribution >= 4 is 40.8 Å². The molecule has 1 atom stereocenters. The highest BCUT2D eigenvalue weighted by Crippen LogP contribution is 2.38. The van der Waals surface area contributed by atoms with Crippen LogP contribution >= 0.6 is 23.2 Å². The first-order chi connectivity index (χ1) is 17.6. The molecule has 2 amide bonds. The normalized spacial score (nSPS) is 15.7. The third kappa shape index (κ3) is 5.39. The molecule has 2 heterocycles. The lowest BCUT2D eigenvalue weighted by molar-refractivity contribution is -0.269. The summed E-state index contributed by atoms with van der Waals surface area (Å²) in [6.07, 6.45) is -3.63. The molecular weight excluding hydrogens is 546 g/mol. The Morgan fingerprint density at radius 1 is 1.08 bits per heavy atom. The van der Waals surface area contributed by atoms with Crippen LogP contribution in [0.5, 0.6) is 0 Å². The number of amides is 2. The van der Waals surface area contributed by atoms with Gasteiger partial charge in [-0.1, -0.05) is 37.0 Å². The summed E-state index contributed by atoms with van der Waals surface area (Å²) in [5.74, 6) is -2.83. The van der Waals surface area contributed by atoms with Crippen molar-refractivity contribution in [2.24, 2.45) is 5.92 Å². The molecule has 3 rings (SSSR count). The number of piperazine rings is 1. The van der Waals surface area contributed by atoms with Crippen LogP contribution in [0, 0.1) is 17.2 Å². The van der Waals surface area contributed by atoms with Gasteiger partial charge in [0.2, 0.25) is 5.60 Å². The van der Waals surface area contributed by atoms with Crippen LogP contribution in [-0.2, 0) is 4.79 Å². The van der Waals surface area contributed by atoms with E-state index in [-0.39, 0.29) is 53.3 Å². The van der Waals surface area contributed by atoms with Gasteiger partial charge in [-0.2, -0.15) is 18.4 Å². The summed E-state index contributed by atoms with van der Waals surface area (Å²) in [4.78, 5) is 33.4. The van der Waals surface area contributed by atoms with E-state index < -0.39 is 23.6 Å². The van der Waals surface area contributed by atoms with Gasteiger partial charge in [-0.15, -0.1) is 0 Å². The molecule has 0 spiro atoms. The number of hydrogen-bond acceptors (Lipinski definition) is 6. The average molecular weight is 572 g/mol. The number of carbonyl (C=O) groups is 2. The maximum absolute atomic E-state index is 13.5. The quantitative estimate of drug-likeness (QED) is 0.576. The number of alkyl halides is 3. The van der Waals surface area contributed by atoms with E-state index in [1.54, 1.807) is 37.2 Å². The van der Waals surface area contributed by atoms with Crippen molar-refractivity contribution in [3.8, 4) is 17.2 Å². The van der Waals surface area contributed by atoms with Crippen molar-refractivity contribution in [3.05, 3.63) is 45.6 Å². The molecule has 1 aliphatic rings. The fraction of sp³-hybridized carbons (Fsp3) is 0.440. The third-order valence-electron chi connectivity index (χ3n) is 6.44.